The number of carbonyl (C=O) groups is 4. The van der Waals surface area contributed by atoms with Gasteiger partial charge in [-0.2, -0.15) is 0 Å². The molecule has 0 aliphatic carbocycles. The minimum Gasteiger partial charge on any atom is -0.469 e. The lowest BCUT2D eigenvalue weighted by molar-refractivity contribution is -0.308. The molecule has 2 bridgehead atoms. The van der Waals surface area contributed by atoms with E-state index in [4.69, 9.17) is 29.4 Å². The number of ketones is 2. The Morgan fingerprint density at radius 1 is 0.723 bits per heavy atom. The highest BCUT2D eigenvalue weighted by atomic mass is 16.7. The highest BCUT2D eigenvalue weighted by Gasteiger charge is 2.51. The summed E-state index contributed by atoms with van der Waals surface area (Å²) in [6.45, 7) is 8.70. The minimum atomic E-state index is -2.29. The molecule has 0 spiro atoms. The van der Waals surface area contributed by atoms with Gasteiger partial charge in [-0.25, -0.2) is 0 Å². The second kappa shape index (κ2) is 35.2. The molecule has 0 aromatic heterocycles. The fourth-order valence-electron chi connectivity index (χ4n) is 10.4. The summed E-state index contributed by atoms with van der Waals surface area (Å²) in [5, 5.41) is 111. The zero-order valence-corrected chi connectivity index (χ0v) is 48.4. The Hall–Kier alpha value is -5.37. The molecule has 462 valence electrons. The molecule has 19 unspecified atom stereocenters. The van der Waals surface area contributed by atoms with Gasteiger partial charge in [0.1, 0.15) is 36.1 Å². The van der Waals surface area contributed by atoms with Crippen molar-refractivity contribution in [1.82, 2.24) is 0 Å². The lowest BCUT2D eigenvalue weighted by Gasteiger charge is -2.45. The molecule has 1 aromatic rings. The van der Waals surface area contributed by atoms with Gasteiger partial charge < -0.3 is 80.5 Å². The zero-order valence-electron chi connectivity index (χ0n) is 48.4. The van der Waals surface area contributed by atoms with Crippen molar-refractivity contribution in [3.8, 4) is 0 Å². The SMILES string of the molecule is COC(=O)C1C(O)CC2(O)CC(O)CC(O)CC(O)CC(O)CC(=O)CC(O)CC(=O)OC(C(C)CCC(O)CC(=O)c3ccc(N)cc3)C(C)/C=C/C=C/C=C/C=C/C=C/C=C/C=C/C(OC3OC(C)C(O)C(N=C(C)C)C3O)CC1O2. The van der Waals surface area contributed by atoms with Gasteiger partial charge in [0.2, 0.25) is 0 Å². The summed E-state index contributed by atoms with van der Waals surface area (Å²) in [5.74, 6) is -6.91. The number of allylic oxidation sites excluding steroid dienone is 12. The molecule has 12 N–H and O–H groups in total. The summed E-state index contributed by atoms with van der Waals surface area (Å²) in [7, 11) is 1.12. The molecule has 19 atom stereocenters. The van der Waals surface area contributed by atoms with Crippen LogP contribution in [0.4, 0.5) is 5.69 Å². The number of hydrogen-bond donors (Lipinski definition) is 11. The maximum Gasteiger partial charge on any atom is 0.313 e. The Bertz CT molecular complexity index is 2430. The van der Waals surface area contributed by atoms with Crippen LogP contribution in [0.5, 0.6) is 0 Å². The quantitative estimate of drug-likeness (QED) is 0.0648. The molecule has 4 rings (SSSR count). The number of cyclic esters (lactones) is 1. The van der Waals surface area contributed by atoms with Crippen LogP contribution in [-0.4, -0.2) is 185 Å². The van der Waals surface area contributed by atoms with Crippen molar-refractivity contribution in [2.75, 3.05) is 12.8 Å². The predicted octanol–water partition coefficient (Wildman–Crippen LogP) is 3.90. The summed E-state index contributed by atoms with van der Waals surface area (Å²) in [6, 6.07) is 5.38. The van der Waals surface area contributed by atoms with E-state index in [2.05, 4.69) is 4.99 Å². The first-order valence-electron chi connectivity index (χ1n) is 28.5. The van der Waals surface area contributed by atoms with Crippen molar-refractivity contribution < 1.29 is 93.9 Å². The van der Waals surface area contributed by atoms with E-state index in [1.165, 1.54) is 0 Å². The number of Topliss-reactive ketones (excluding diaryl/α,β-unsaturated/α-hetero) is 2. The zero-order chi connectivity index (χ0) is 61.4. The molecule has 83 heavy (non-hydrogen) atoms. The molecule has 0 saturated carbocycles. The maximum atomic E-state index is 13.3. The molecule has 3 heterocycles. The number of ether oxygens (including phenoxy) is 5. The van der Waals surface area contributed by atoms with Crippen molar-refractivity contribution in [3.05, 3.63) is 115 Å². The topological polar surface area (TPSA) is 355 Å². The smallest absolute Gasteiger partial charge is 0.313 e. The van der Waals surface area contributed by atoms with Gasteiger partial charge in [0.25, 0.3) is 0 Å². The van der Waals surface area contributed by atoms with Gasteiger partial charge >= 0.3 is 11.9 Å². The molecule has 1 aromatic carbocycles. The van der Waals surface area contributed by atoms with E-state index in [1.54, 1.807) is 124 Å². The monoisotopic (exact) mass is 1170 g/mol. The molecule has 2 saturated heterocycles. The fraction of sp³-hybridized carbons (Fsp3) is 0.597. The second-order valence-electron chi connectivity index (χ2n) is 22.4. The average Bonchev–Trinajstić information content (AvgIpc) is 3.09. The summed E-state index contributed by atoms with van der Waals surface area (Å²) in [6.07, 6.45) is 2.98. The average molecular weight is 1170 g/mol. The van der Waals surface area contributed by atoms with Crippen LogP contribution in [0.25, 0.3) is 0 Å². The standard InChI is InChI=1S/C62H90N2O19/c1-37(2)64-56-57(75)40(5)80-61(58(56)76)81-50-20-18-16-14-12-10-8-7-9-11-13-15-17-19-38(3)59(39(4)21-26-43(65)32-51(72)41-22-24-42(63)25-23-41)82-54(74)33-48(70)30-46(68)28-44(66)27-45(67)29-47(69)31-49(71)35-62(78)36-52(73)55(60(77)79-6)53(34-50)83-62/h7-20,22-25,38-40,43-45,47-50,52-53,55-59,61,65-67,69-71,73,75-76,78H,21,26-36,63H2,1-6H3/b8-7+,11-9+,12-10+,15-13+,16-14+,19-17+,20-18+. The van der Waals surface area contributed by atoms with E-state index in [0.29, 0.717) is 23.4 Å². The lowest BCUT2D eigenvalue weighted by Crippen LogP contribution is -2.58. The number of carbonyl (C=O) groups excluding carboxylic acids is 4. The number of benzene rings is 1. The lowest BCUT2D eigenvalue weighted by atomic mass is 9.82. The van der Waals surface area contributed by atoms with Crippen LogP contribution in [-0.2, 0) is 38.1 Å². The summed E-state index contributed by atoms with van der Waals surface area (Å²) >= 11 is 0. The maximum absolute atomic E-state index is 13.3. The molecule has 3 aliphatic heterocycles. The molecule has 2 fully saturated rings. The van der Waals surface area contributed by atoms with Crippen molar-refractivity contribution in [2.45, 2.75) is 209 Å². The number of esters is 2. The summed E-state index contributed by atoms with van der Waals surface area (Å²) in [5.41, 5.74) is 7.25. The third kappa shape index (κ3) is 24.6. The van der Waals surface area contributed by atoms with E-state index >= 15 is 0 Å². The normalized spacial score (nSPS) is 37.0. The number of nitrogens with zero attached hydrogens (tertiary/aromatic N) is 1. The van der Waals surface area contributed by atoms with Gasteiger partial charge in [0.15, 0.2) is 17.9 Å². The Labute approximate surface area is 486 Å². The van der Waals surface area contributed by atoms with E-state index in [9.17, 15) is 70.2 Å². The number of aliphatic hydroxyl groups excluding tert-OH is 9. The van der Waals surface area contributed by atoms with Gasteiger partial charge in [-0.1, -0.05) is 98.9 Å². The Morgan fingerprint density at radius 3 is 1.87 bits per heavy atom. The number of methoxy groups -OCH3 is 1. The van der Waals surface area contributed by atoms with Crippen LogP contribution in [0.2, 0.25) is 0 Å². The molecule has 0 amide bonds. The predicted molar refractivity (Wildman–Crippen MR) is 309 cm³/mol. The largest absolute Gasteiger partial charge is 0.469 e. The molecule has 21 heteroatoms. The first-order chi connectivity index (χ1) is 39.3. The van der Waals surface area contributed by atoms with Crippen molar-refractivity contribution in [2.24, 2.45) is 22.7 Å². The molecule has 3 aliphatic rings. The third-order valence-electron chi connectivity index (χ3n) is 14.6. The molecular formula is C62H90N2O19. The number of anilines is 1. The number of aliphatic imine (C=N–C) groups is 1. The highest BCUT2D eigenvalue weighted by molar-refractivity contribution is 5.96. The van der Waals surface area contributed by atoms with Gasteiger partial charge in [0.05, 0.1) is 74.6 Å². The van der Waals surface area contributed by atoms with E-state index in [0.717, 1.165) is 7.11 Å². The van der Waals surface area contributed by atoms with Crippen LogP contribution in [0.1, 0.15) is 122 Å². The van der Waals surface area contributed by atoms with Crippen molar-refractivity contribution in [1.29, 1.82) is 0 Å². The first-order valence-corrected chi connectivity index (χ1v) is 28.5. The van der Waals surface area contributed by atoms with E-state index in [1.807, 2.05) is 19.9 Å². The third-order valence-corrected chi connectivity index (χ3v) is 14.6. The van der Waals surface area contributed by atoms with E-state index < -0.39 is 160 Å². The van der Waals surface area contributed by atoms with Crippen molar-refractivity contribution in [3.63, 3.8) is 0 Å². The number of nitrogens with two attached hydrogens (primary N) is 1. The fourth-order valence-corrected chi connectivity index (χ4v) is 10.4. The second-order valence-corrected chi connectivity index (χ2v) is 22.4. The van der Waals surface area contributed by atoms with Crippen LogP contribution in [0.3, 0.4) is 0 Å². The Morgan fingerprint density at radius 2 is 1.28 bits per heavy atom. The number of nitrogen functional groups attached to an aromatic ring is 1. The Kier molecular flexibility index (Phi) is 29.7. The minimum absolute atomic E-state index is 0.126. The summed E-state index contributed by atoms with van der Waals surface area (Å²) < 4.78 is 29.3. The number of aliphatic hydroxyl groups is 10. The van der Waals surface area contributed by atoms with Crippen molar-refractivity contribution >= 4 is 34.9 Å². The number of rotatable bonds is 11. The number of hydrogen-bond acceptors (Lipinski definition) is 21. The number of fused-ring (bicyclic) bond motifs is 2. The van der Waals surface area contributed by atoms with Crippen LogP contribution < -0.4 is 5.73 Å². The van der Waals surface area contributed by atoms with Gasteiger partial charge in [-0.05, 0) is 83.1 Å². The van der Waals surface area contributed by atoms with Gasteiger partial charge in [0, 0.05) is 61.4 Å². The van der Waals surface area contributed by atoms with Crippen LogP contribution >= 0.6 is 0 Å². The Balaban J connectivity index is 1.58. The molecule has 21 nitrogen and oxygen atoms in total. The van der Waals surface area contributed by atoms with Gasteiger partial charge in [-0.15, -0.1) is 0 Å². The summed E-state index contributed by atoms with van der Waals surface area (Å²) in [4.78, 5) is 56.8. The highest BCUT2D eigenvalue weighted by Crippen LogP contribution is 2.39. The van der Waals surface area contributed by atoms with Crippen LogP contribution in [0, 0.1) is 17.8 Å². The van der Waals surface area contributed by atoms with Gasteiger partial charge in [-0.3, -0.25) is 24.2 Å². The first kappa shape index (κ1) is 70.1. The van der Waals surface area contributed by atoms with Crippen LogP contribution in [0.15, 0.2) is 114 Å². The molecular weight excluding hydrogens is 1080 g/mol. The van der Waals surface area contributed by atoms with E-state index in [-0.39, 0.29) is 49.7 Å². The molecule has 0 radical (unpaired) electrons.